The highest BCUT2D eigenvalue weighted by Gasteiger charge is 2.39. The maximum absolute atomic E-state index is 5.42. The highest BCUT2D eigenvalue weighted by Crippen LogP contribution is 2.41. The van der Waals surface area contributed by atoms with Crippen molar-refractivity contribution in [1.29, 1.82) is 0 Å². The fourth-order valence-corrected chi connectivity index (χ4v) is 2.85. The second-order valence-corrected chi connectivity index (χ2v) is 6.00. The van der Waals surface area contributed by atoms with Crippen molar-refractivity contribution < 1.29 is 0 Å². The molecule has 0 amide bonds. The second-order valence-electron chi connectivity index (χ2n) is 3.57. The van der Waals surface area contributed by atoms with Crippen LogP contribution in [0.5, 0.6) is 0 Å². The standard InChI is InChI=1S/C7H12N4S2/c1-7(2)4(3-12-7)9-6-10-5(8)11-13-6/h4H,3H2,1-2H3,(H3,8,9,10,11). The lowest BCUT2D eigenvalue weighted by Gasteiger charge is -2.43. The molecule has 0 aromatic carbocycles. The Labute approximate surface area is 85.5 Å². The zero-order valence-electron chi connectivity index (χ0n) is 7.57. The van der Waals surface area contributed by atoms with Gasteiger partial charge in [0.15, 0.2) is 0 Å². The largest absolute Gasteiger partial charge is 0.367 e. The molecule has 4 nitrogen and oxygen atoms in total. The first-order chi connectivity index (χ1) is 6.08. The number of nitrogens with one attached hydrogen (secondary N) is 1. The van der Waals surface area contributed by atoms with Gasteiger partial charge in [-0.1, -0.05) is 0 Å². The molecule has 0 radical (unpaired) electrons. The SMILES string of the molecule is CC1(C)SCC1Nc1nc(N)ns1. The number of rotatable bonds is 2. The average molecular weight is 216 g/mol. The van der Waals surface area contributed by atoms with Gasteiger partial charge in [0.1, 0.15) is 0 Å². The Morgan fingerprint density at radius 1 is 1.62 bits per heavy atom. The Morgan fingerprint density at radius 3 is 2.77 bits per heavy atom. The van der Waals surface area contributed by atoms with Gasteiger partial charge in [-0.2, -0.15) is 21.1 Å². The van der Waals surface area contributed by atoms with Crippen molar-refractivity contribution in [3.63, 3.8) is 0 Å². The van der Waals surface area contributed by atoms with Crippen molar-refractivity contribution in [3.8, 4) is 0 Å². The van der Waals surface area contributed by atoms with Gasteiger partial charge < -0.3 is 11.1 Å². The van der Waals surface area contributed by atoms with Crippen molar-refractivity contribution in [2.75, 3.05) is 16.8 Å². The van der Waals surface area contributed by atoms with Crippen LogP contribution in [0.2, 0.25) is 0 Å². The number of nitrogens with two attached hydrogens (primary N) is 1. The number of nitrogen functional groups attached to an aromatic ring is 1. The van der Waals surface area contributed by atoms with Crippen LogP contribution in [0.15, 0.2) is 0 Å². The van der Waals surface area contributed by atoms with Gasteiger partial charge in [0.25, 0.3) is 0 Å². The molecule has 2 rings (SSSR count). The van der Waals surface area contributed by atoms with E-state index in [2.05, 4.69) is 28.5 Å². The van der Waals surface area contributed by atoms with Crippen LogP contribution in [-0.4, -0.2) is 25.9 Å². The summed E-state index contributed by atoms with van der Waals surface area (Å²) in [4.78, 5) is 4.06. The second kappa shape index (κ2) is 3.02. The van der Waals surface area contributed by atoms with E-state index in [9.17, 15) is 0 Å². The summed E-state index contributed by atoms with van der Waals surface area (Å²) >= 11 is 3.28. The molecule has 1 saturated heterocycles. The third-order valence-corrected chi connectivity index (χ3v) is 4.39. The smallest absolute Gasteiger partial charge is 0.233 e. The van der Waals surface area contributed by atoms with Gasteiger partial charge in [-0.15, -0.1) is 0 Å². The highest BCUT2D eigenvalue weighted by molar-refractivity contribution is 8.02. The van der Waals surface area contributed by atoms with E-state index in [1.165, 1.54) is 11.5 Å². The number of nitrogens with zero attached hydrogens (tertiary/aromatic N) is 2. The fraction of sp³-hybridized carbons (Fsp3) is 0.714. The van der Waals surface area contributed by atoms with Crippen molar-refractivity contribution in [1.82, 2.24) is 9.36 Å². The first-order valence-corrected chi connectivity index (χ1v) is 5.83. The van der Waals surface area contributed by atoms with Crippen LogP contribution in [0.4, 0.5) is 11.1 Å². The van der Waals surface area contributed by atoms with Crippen LogP contribution >= 0.6 is 23.3 Å². The predicted molar refractivity (Wildman–Crippen MR) is 58.3 cm³/mol. The summed E-state index contributed by atoms with van der Waals surface area (Å²) in [5.41, 5.74) is 5.42. The van der Waals surface area contributed by atoms with Crippen LogP contribution in [0.1, 0.15) is 13.8 Å². The minimum absolute atomic E-state index is 0.306. The summed E-state index contributed by atoms with van der Waals surface area (Å²) in [6, 6.07) is 0.491. The molecule has 1 atom stereocenters. The Hall–Kier alpha value is -0.490. The average Bonchev–Trinajstić information content (AvgIpc) is 2.46. The van der Waals surface area contributed by atoms with E-state index in [0.717, 1.165) is 10.9 Å². The van der Waals surface area contributed by atoms with E-state index in [1.807, 2.05) is 11.8 Å². The summed E-state index contributed by atoms with van der Waals surface area (Å²) in [5, 5.41) is 4.16. The van der Waals surface area contributed by atoms with Crippen molar-refractivity contribution in [2.45, 2.75) is 24.6 Å². The molecule has 0 spiro atoms. The first-order valence-electron chi connectivity index (χ1n) is 4.07. The van der Waals surface area contributed by atoms with E-state index in [4.69, 9.17) is 5.73 Å². The number of thioether (sulfide) groups is 1. The van der Waals surface area contributed by atoms with Crippen molar-refractivity contribution in [3.05, 3.63) is 0 Å². The summed E-state index contributed by atoms with van der Waals surface area (Å²) in [6.07, 6.45) is 0. The molecule has 1 aromatic rings. The van der Waals surface area contributed by atoms with Gasteiger partial charge in [0, 0.05) is 22.0 Å². The molecule has 0 bridgehead atoms. The molecule has 1 aromatic heterocycles. The van der Waals surface area contributed by atoms with Gasteiger partial charge in [-0.25, -0.2) is 0 Å². The number of hydrogen-bond donors (Lipinski definition) is 2. The zero-order chi connectivity index (χ0) is 9.47. The Balaban J connectivity index is 1.99. The third kappa shape index (κ3) is 1.73. The molecule has 1 unspecified atom stereocenters. The van der Waals surface area contributed by atoms with Crippen LogP contribution in [-0.2, 0) is 0 Å². The van der Waals surface area contributed by atoms with Crippen molar-refractivity contribution >= 4 is 34.4 Å². The number of aromatic nitrogens is 2. The lowest BCUT2D eigenvalue weighted by molar-refractivity contribution is 0.576. The molecule has 3 N–H and O–H groups in total. The molecule has 1 fully saturated rings. The van der Waals surface area contributed by atoms with E-state index in [-0.39, 0.29) is 0 Å². The lowest BCUT2D eigenvalue weighted by atomic mass is 10.0. The molecule has 13 heavy (non-hydrogen) atoms. The molecule has 1 aliphatic heterocycles. The van der Waals surface area contributed by atoms with E-state index in [1.54, 1.807) is 0 Å². The lowest BCUT2D eigenvalue weighted by Crippen LogP contribution is -2.50. The molecule has 2 heterocycles. The summed E-state index contributed by atoms with van der Waals surface area (Å²) in [6.45, 7) is 4.45. The highest BCUT2D eigenvalue weighted by atomic mass is 32.2. The van der Waals surface area contributed by atoms with Crippen LogP contribution < -0.4 is 11.1 Å². The molecular formula is C7H12N4S2. The number of anilines is 2. The normalized spacial score (nSPS) is 25.2. The van der Waals surface area contributed by atoms with Crippen LogP contribution in [0.25, 0.3) is 0 Å². The van der Waals surface area contributed by atoms with Gasteiger partial charge >= 0.3 is 0 Å². The van der Waals surface area contributed by atoms with Gasteiger partial charge in [-0.3, -0.25) is 0 Å². The Bertz CT molecular complexity index is 309. The first kappa shape index (κ1) is 9.08. The topological polar surface area (TPSA) is 63.8 Å². The summed E-state index contributed by atoms with van der Waals surface area (Å²) in [5.74, 6) is 1.49. The Morgan fingerprint density at radius 2 is 2.38 bits per heavy atom. The molecule has 0 saturated carbocycles. The molecule has 72 valence electrons. The fourth-order valence-electron chi connectivity index (χ4n) is 1.16. The molecule has 0 aliphatic carbocycles. The summed E-state index contributed by atoms with van der Waals surface area (Å²) in [7, 11) is 0. The third-order valence-electron chi connectivity index (χ3n) is 2.20. The molecule has 6 heteroatoms. The van der Waals surface area contributed by atoms with E-state index in [0.29, 0.717) is 16.7 Å². The van der Waals surface area contributed by atoms with Gasteiger partial charge in [-0.05, 0) is 13.8 Å². The van der Waals surface area contributed by atoms with E-state index >= 15 is 0 Å². The van der Waals surface area contributed by atoms with Crippen LogP contribution in [0, 0.1) is 0 Å². The van der Waals surface area contributed by atoms with Gasteiger partial charge in [0.2, 0.25) is 11.1 Å². The quantitative estimate of drug-likeness (QED) is 0.783. The Kier molecular flexibility index (Phi) is 2.11. The van der Waals surface area contributed by atoms with E-state index < -0.39 is 0 Å². The monoisotopic (exact) mass is 216 g/mol. The minimum atomic E-state index is 0.306. The summed E-state index contributed by atoms with van der Waals surface area (Å²) < 4.78 is 4.22. The van der Waals surface area contributed by atoms with Gasteiger partial charge in [0.05, 0.1) is 6.04 Å². The van der Waals surface area contributed by atoms with Crippen LogP contribution in [0.3, 0.4) is 0 Å². The molecular weight excluding hydrogens is 204 g/mol. The predicted octanol–water partition coefficient (Wildman–Crippen LogP) is 1.43. The molecule has 1 aliphatic rings. The maximum Gasteiger partial charge on any atom is 0.233 e. The number of hydrogen-bond acceptors (Lipinski definition) is 6. The zero-order valence-corrected chi connectivity index (χ0v) is 9.21. The van der Waals surface area contributed by atoms with Crippen molar-refractivity contribution in [2.24, 2.45) is 0 Å². The maximum atomic E-state index is 5.42. The minimum Gasteiger partial charge on any atom is -0.367 e.